The second-order valence-electron chi connectivity index (χ2n) is 8.74. The molecule has 30 heavy (non-hydrogen) atoms. The van der Waals surface area contributed by atoms with E-state index in [4.69, 9.17) is 28.1 Å². The van der Waals surface area contributed by atoms with E-state index in [9.17, 15) is 0 Å². The van der Waals surface area contributed by atoms with Gasteiger partial charge in [-0.3, -0.25) is 0 Å². The molecule has 4 N–H and O–H groups in total. The highest BCUT2D eigenvalue weighted by Crippen LogP contribution is 2.51. The van der Waals surface area contributed by atoms with Gasteiger partial charge >= 0.3 is 0 Å². The van der Waals surface area contributed by atoms with Gasteiger partial charge in [-0.1, -0.05) is 35.0 Å². The molecule has 3 aliphatic rings. The van der Waals surface area contributed by atoms with Crippen molar-refractivity contribution in [3.8, 4) is 0 Å². The summed E-state index contributed by atoms with van der Waals surface area (Å²) in [6, 6.07) is 2.09. The quantitative estimate of drug-likeness (QED) is 0.684. The number of hydrogen-bond acceptors (Lipinski definition) is 7. The molecule has 1 atom stereocenters. The third-order valence-electron chi connectivity index (χ3n) is 6.87. The third-order valence-corrected chi connectivity index (χ3v) is 8.54. The van der Waals surface area contributed by atoms with E-state index in [1.54, 1.807) is 6.20 Å². The smallest absolute Gasteiger partial charge is 0.147 e. The minimum atomic E-state index is 0.247. The fourth-order valence-corrected chi connectivity index (χ4v) is 5.85. The van der Waals surface area contributed by atoms with Crippen LogP contribution in [0.3, 0.4) is 0 Å². The van der Waals surface area contributed by atoms with Crippen LogP contribution in [-0.2, 0) is 0 Å². The van der Waals surface area contributed by atoms with Crippen LogP contribution in [0.25, 0.3) is 0 Å². The van der Waals surface area contributed by atoms with Crippen molar-refractivity contribution < 1.29 is 0 Å². The van der Waals surface area contributed by atoms with E-state index in [1.165, 1.54) is 30.2 Å². The van der Waals surface area contributed by atoms with Crippen LogP contribution in [0, 0.1) is 18.3 Å². The minimum Gasteiger partial charge on any atom is -0.382 e. The number of nitrogen functional groups attached to an aromatic ring is 1. The van der Waals surface area contributed by atoms with E-state index in [-0.39, 0.29) is 11.5 Å². The van der Waals surface area contributed by atoms with E-state index in [1.807, 2.05) is 19.2 Å². The highest BCUT2D eigenvalue weighted by molar-refractivity contribution is 7.99. The van der Waals surface area contributed by atoms with E-state index >= 15 is 0 Å². The van der Waals surface area contributed by atoms with Gasteiger partial charge in [-0.25, -0.2) is 15.0 Å². The standard InChI is InChI=1S/C22H27ClN6S/c1-13-21(30-16-5-9-26-20(25)18(16)23)27-12-17(28-13)29-10-7-22(8-11-29)6-4-15(19(22)24)14-2-3-14/h4-5,9,12,14,19H,2-3,6-8,10-11,24H2,1H3,(H2,25,26)/t19-/m1/s1. The van der Waals surface area contributed by atoms with Gasteiger partial charge in [0.2, 0.25) is 0 Å². The van der Waals surface area contributed by atoms with Crippen molar-refractivity contribution in [1.82, 2.24) is 15.0 Å². The zero-order valence-corrected chi connectivity index (χ0v) is 18.7. The number of hydrogen-bond donors (Lipinski definition) is 2. The molecule has 158 valence electrons. The number of nitrogens with zero attached hydrogens (tertiary/aromatic N) is 4. The Hall–Kier alpha value is -1.83. The predicted molar refractivity (Wildman–Crippen MR) is 122 cm³/mol. The number of piperidine rings is 1. The lowest BCUT2D eigenvalue weighted by atomic mass is 9.72. The Morgan fingerprint density at radius 3 is 2.70 bits per heavy atom. The van der Waals surface area contributed by atoms with Crippen LogP contribution in [0.4, 0.5) is 11.6 Å². The molecule has 0 aromatic carbocycles. The Morgan fingerprint density at radius 1 is 1.23 bits per heavy atom. The Kier molecular flexibility index (Phi) is 5.16. The topological polar surface area (TPSA) is 94.0 Å². The average Bonchev–Trinajstić information content (AvgIpc) is 3.54. The molecular weight excluding hydrogens is 416 g/mol. The number of anilines is 2. The van der Waals surface area contributed by atoms with Crippen molar-refractivity contribution in [3.63, 3.8) is 0 Å². The van der Waals surface area contributed by atoms with Crippen molar-refractivity contribution >= 4 is 35.0 Å². The Bertz CT molecular complexity index is 997. The first kappa shape index (κ1) is 20.1. The summed E-state index contributed by atoms with van der Waals surface area (Å²) in [4.78, 5) is 16.7. The van der Waals surface area contributed by atoms with Crippen LogP contribution in [0.15, 0.2) is 40.0 Å². The minimum absolute atomic E-state index is 0.247. The molecule has 1 saturated heterocycles. The van der Waals surface area contributed by atoms with Gasteiger partial charge in [-0.15, -0.1) is 0 Å². The first-order chi connectivity index (χ1) is 14.5. The van der Waals surface area contributed by atoms with Crippen molar-refractivity contribution in [2.45, 2.75) is 55.0 Å². The zero-order valence-electron chi connectivity index (χ0n) is 17.1. The van der Waals surface area contributed by atoms with Crippen LogP contribution < -0.4 is 16.4 Å². The summed E-state index contributed by atoms with van der Waals surface area (Å²) in [5.41, 5.74) is 15.2. The van der Waals surface area contributed by atoms with E-state index in [0.717, 1.165) is 59.7 Å². The fraction of sp³-hybridized carbons (Fsp3) is 0.500. The lowest BCUT2D eigenvalue weighted by molar-refractivity contribution is 0.203. The Balaban J connectivity index is 1.26. The SMILES string of the molecule is Cc1nc(N2CCC3(CC=C(C4CC4)[C@H]3N)CC2)cnc1Sc1ccnc(N)c1Cl. The molecule has 2 fully saturated rings. The maximum Gasteiger partial charge on any atom is 0.147 e. The molecule has 1 spiro atoms. The van der Waals surface area contributed by atoms with Gasteiger partial charge in [0.1, 0.15) is 16.7 Å². The summed E-state index contributed by atoms with van der Waals surface area (Å²) in [6.07, 6.45) is 12.0. The van der Waals surface area contributed by atoms with Crippen LogP contribution in [0.2, 0.25) is 5.02 Å². The Labute approximate surface area is 186 Å². The first-order valence-electron chi connectivity index (χ1n) is 10.6. The molecule has 1 aliphatic heterocycles. The zero-order chi connectivity index (χ0) is 20.9. The normalized spacial score (nSPS) is 23.1. The molecule has 8 heteroatoms. The summed E-state index contributed by atoms with van der Waals surface area (Å²) in [6.45, 7) is 3.95. The van der Waals surface area contributed by atoms with Gasteiger partial charge in [-0.2, -0.15) is 0 Å². The molecule has 3 heterocycles. The van der Waals surface area contributed by atoms with Crippen LogP contribution >= 0.6 is 23.4 Å². The van der Waals surface area contributed by atoms with Crippen molar-refractivity contribution in [1.29, 1.82) is 0 Å². The molecule has 2 aromatic heterocycles. The van der Waals surface area contributed by atoms with Gasteiger partial charge in [-0.05, 0) is 56.4 Å². The number of rotatable bonds is 4. The first-order valence-corrected chi connectivity index (χ1v) is 11.8. The van der Waals surface area contributed by atoms with Crippen molar-refractivity contribution in [2.24, 2.45) is 17.1 Å². The summed E-state index contributed by atoms with van der Waals surface area (Å²) < 4.78 is 0. The van der Waals surface area contributed by atoms with Crippen molar-refractivity contribution in [2.75, 3.05) is 23.7 Å². The van der Waals surface area contributed by atoms with E-state index < -0.39 is 0 Å². The van der Waals surface area contributed by atoms with Crippen LogP contribution in [0.5, 0.6) is 0 Å². The van der Waals surface area contributed by atoms with Crippen molar-refractivity contribution in [3.05, 3.63) is 40.8 Å². The van der Waals surface area contributed by atoms with Gasteiger partial charge < -0.3 is 16.4 Å². The number of pyridine rings is 1. The summed E-state index contributed by atoms with van der Waals surface area (Å²) in [7, 11) is 0. The molecule has 2 aromatic rings. The third kappa shape index (κ3) is 3.57. The van der Waals surface area contributed by atoms with Gasteiger partial charge in [0.15, 0.2) is 0 Å². The number of allylic oxidation sites excluding steroid dienone is 1. The summed E-state index contributed by atoms with van der Waals surface area (Å²) in [5, 5.41) is 1.29. The molecular formula is C22H27ClN6S. The molecule has 2 aliphatic carbocycles. The number of halogens is 1. The Morgan fingerprint density at radius 2 is 2.00 bits per heavy atom. The summed E-state index contributed by atoms with van der Waals surface area (Å²) >= 11 is 7.74. The van der Waals surface area contributed by atoms with Gasteiger partial charge in [0, 0.05) is 30.2 Å². The highest BCUT2D eigenvalue weighted by atomic mass is 35.5. The van der Waals surface area contributed by atoms with E-state index in [2.05, 4.69) is 20.9 Å². The second kappa shape index (κ2) is 7.70. The predicted octanol–water partition coefficient (Wildman–Crippen LogP) is 4.22. The lowest BCUT2D eigenvalue weighted by Gasteiger charge is -2.43. The maximum atomic E-state index is 6.71. The monoisotopic (exact) mass is 442 g/mol. The number of aromatic nitrogens is 3. The van der Waals surface area contributed by atoms with Gasteiger partial charge in [0.25, 0.3) is 0 Å². The fourth-order valence-electron chi connectivity index (χ4n) is 4.80. The van der Waals surface area contributed by atoms with Crippen LogP contribution in [-0.4, -0.2) is 34.1 Å². The molecule has 0 amide bonds. The largest absolute Gasteiger partial charge is 0.382 e. The number of aryl methyl sites for hydroxylation is 1. The number of nitrogens with two attached hydrogens (primary N) is 2. The molecule has 0 unspecified atom stereocenters. The summed E-state index contributed by atoms with van der Waals surface area (Å²) in [5.74, 6) is 2.05. The lowest BCUT2D eigenvalue weighted by Crippen LogP contribution is -2.48. The molecule has 0 radical (unpaired) electrons. The molecule has 6 nitrogen and oxygen atoms in total. The maximum absolute atomic E-state index is 6.71. The molecule has 5 rings (SSSR count). The van der Waals surface area contributed by atoms with Gasteiger partial charge in [0.05, 0.1) is 16.9 Å². The average molecular weight is 443 g/mol. The molecule has 0 bridgehead atoms. The molecule has 1 saturated carbocycles. The van der Waals surface area contributed by atoms with Crippen LogP contribution in [0.1, 0.15) is 37.8 Å². The van der Waals surface area contributed by atoms with E-state index in [0.29, 0.717) is 10.8 Å². The highest BCUT2D eigenvalue weighted by Gasteiger charge is 2.47. The second-order valence-corrected chi connectivity index (χ2v) is 10.1.